The lowest BCUT2D eigenvalue weighted by atomic mass is 10.1. The van der Waals surface area contributed by atoms with Crippen LogP contribution in [0, 0.1) is 13.8 Å². The van der Waals surface area contributed by atoms with E-state index in [-0.39, 0.29) is 10.9 Å². The highest BCUT2D eigenvalue weighted by Crippen LogP contribution is 2.28. The second-order valence-electron chi connectivity index (χ2n) is 4.01. The topological polar surface area (TPSA) is 0 Å². The van der Waals surface area contributed by atoms with Gasteiger partial charge in [-0.2, -0.15) is 0 Å². The molecule has 88 valence electrons. The summed E-state index contributed by atoms with van der Waals surface area (Å²) in [5.41, 5.74) is 2.70. The summed E-state index contributed by atoms with van der Waals surface area (Å²) >= 11 is 6.17. The Labute approximate surface area is 111 Å². The van der Waals surface area contributed by atoms with Crippen LogP contribution in [0.2, 0.25) is 0 Å². The molecule has 17 heavy (non-hydrogen) atoms. The largest absolute Gasteiger partial charge is 0.192 e. The molecule has 0 radical (unpaired) electrons. The van der Waals surface area contributed by atoms with Crippen LogP contribution >= 0.6 is 11.6 Å². The summed E-state index contributed by atoms with van der Waals surface area (Å²) in [4.78, 5) is 2.68. The summed E-state index contributed by atoms with van der Waals surface area (Å²) in [6.45, 7) is 4.33. The van der Waals surface area contributed by atoms with E-state index in [2.05, 4.69) is 56.3 Å². The Morgan fingerprint density at radius 3 is 2.29 bits per heavy atom. The van der Waals surface area contributed by atoms with E-state index in [1.54, 1.807) is 0 Å². The fourth-order valence-electron chi connectivity index (χ4n) is 1.82. The SMILES string of the molecule is Cc1cccc([S+](CCl)c2ccccc2)c1C. The van der Waals surface area contributed by atoms with Crippen LogP contribution < -0.4 is 0 Å². The molecule has 1 atom stereocenters. The van der Waals surface area contributed by atoms with Crippen molar-refractivity contribution >= 4 is 22.5 Å². The molecule has 0 fully saturated rings. The van der Waals surface area contributed by atoms with Gasteiger partial charge in [-0.15, -0.1) is 0 Å². The summed E-state index contributed by atoms with van der Waals surface area (Å²) in [6, 6.07) is 17.0. The molecule has 1 unspecified atom stereocenters. The molecule has 0 aliphatic rings. The van der Waals surface area contributed by atoms with Gasteiger partial charge in [-0.1, -0.05) is 41.9 Å². The molecular formula is C15H16ClS+. The summed E-state index contributed by atoms with van der Waals surface area (Å²) in [7, 11) is -0.0146. The lowest BCUT2D eigenvalue weighted by Gasteiger charge is -2.09. The zero-order valence-electron chi connectivity index (χ0n) is 10.1. The molecule has 2 aromatic rings. The van der Waals surface area contributed by atoms with E-state index in [9.17, 15) is 0 Å². The molecule has 0 heterocycles. The van der Waals surface area contributed by atoms with E-state index in [4.69, 9.17) is 11.6 Å². The highest BCUT2D eigenvalue weighted by molar-refractivity contribution is 7.98. The Kier molecular flexibility index (Phi) is 4.14. The first-order valence-corrected chi connectivity index (χ1v) is 7.55. The van der Waals surface area contributed by atoms with Gasteiger partial charge in [0, 0.05) is 5.56 Å². The first-order chi connectivity index (χ1) is 8.24. The number of alkyl halides is 1. The highest BCUT2D eigenvalue weighted by Gasteiger charge is 2.26. The third-order valence-corrected chi connectivity index (χ3v) is 5.64. The second kappa shape index (κ2) is 5.61. The molecule has 0 aliphatic carbocycles. The van der Waals surface area contributed by atoms with Crippen LogP contribution in [0.25, 0.3) is 0 Å². The lowest BCUT2D eigenvalue weighted by molar-refractivity contribution is 1.21. The minimum Gasteiger partial charge on any atom is -0.0672 e. The minimum atomic E-state index is -0.0146. The van der Waals surface area contributed by atoms with Crippen molar-refractivity contribution in [2.45, 2.75) is 23.6 Å². The molecule has 0 saturated heterocycles. The lowest BCUT2D eigenvalue weighted by Crippen LogP contribution is -2.07. The number of hydrogen-bond donors (Lipinski definition) is 0. The monoisotopic (exact) mass is 263 g/mol. The Balaban J connectivity index is 2.46. The number of hydrogen-bond acceptors (Lipinski definition) is 0. The summed E-state index contributed by atoms with van der Waals surface area (Å²) in [5.74, 6) is 0. The van der Waals surface area contributed by atoms with Gasteiger partial charge in [-0.05, 0) is 37.6 Å². The minimum absolute atomic E-state index is 0.0146. The molecule has 2 heteroatoms. The molecular weight excluding hydrogens is 248 g/mol. The van der Waals surface area contributed by atoms with Gasteiger partial charge in [0.2, 0.25) is 0 Å². The predicted octanol–water partition coefficient (Wildman–Crippen LogP) is 4.54. The summed E-state index contributed by atoms with van der Waals surface area (Å²) in [5, 5.41) is 0.647. The van der Waals surface area contributed by atoms with E-state index >= 15 is 0 Å². The highest BCUT2D eigenvalue weighted by atomic mass is 35.5. The third-order valence-electron chi connectivity index (χ3n) is 2.96. The molecule has 0 amide bonds. The Hall–Kier alpha value is -0.920. The Bertz CT molecular complexity index is 494. The number of halogens is 1. The normalized spacial score (nSPS) is 12.4. The molecule has 0 saturated carbocycles. The number of benzene rings is 2. The van der Waals surface area contributed by atoms with Crippen LogP contribution in [0.5, 0.6) is 0 Å². The van der Waals surface area contributed by atoms with Crippen LogP contribution in [-0.2, 0) is 10.9 Å². The second-order valence-corrected chi connectivity index (χ2v) is 6.58. The average Bonchev–Trinajstić information content (AvgIpc) is 2.37. The van der Waals surface area contributed by atoms with Crippen molar-refractivity contribution in [2.24, 2.45) is 0 Å². The first kappa shape index (κ1) is 12.5. The maximum absolute atomic E-state index is 6.17. The molecule has 0 spiro atoms. The Morgan fingerprint density at radius 1 is 0.941 bits per heavy atom. The molecule has 0 aromatic heterocycles. The van der Waals surface area contributed by atoms with Crippen LogP contribution in [0.1, 0.15) is 11.1 Å². The molecule has 0 bridgehead atoms. The summed E-state index contributed by atoms with van der Waals surface area (Å²) in [6.07, 6.45) is 0. The molecule has 0 N–H and O–H groups in total. The van der Waals surface area contributed by atoms with E-state index in [1.165, 1.54) is 20.9 Å². The van der Waals surface area contributed by atoms with Crippen molar-refractivity contribution in [3.05, 3.63) is 59.7 Å². The quantitative estimate of drug-likeness (QED) is 0.564. The average molecular weight is 264 g/mol. The third kappa shape index (κ3) is 2.67. The van der Waals surface area contributed by atoms with Crippen molar-refractivity contribution in [3.63, 3.8) is 0 Å². The Morgan fingerprint density at radius 2 is 1.65 bits per heavy atom. The van der Waals surface area contributed by atoms with Crippen molar-refractivity contribution in [3.8, 4) is 0 Å². The van der Waals surface area contributed by atoms with E-state index in [0.717, 1.165) is 0 Å². The van der Waals surface area contributed by atoms with Gasteiger partial charge in [0.25, 0.3) is 0 Å². The van der Waals surface area contributed by atoms with Gasteiger partial charge in [0.15, 0.2) is 15.0 Å². The van der Waals surface area contributed by atoms with Gasteiger partial charge in [0.05, 0.1) is 10.9 Å². The fraction of sp³-hybridized carbons (Fsp3) is 0.200. The fourth-order valence-corrected chi connectivity index (χ4v) is 4.31. The predicted molar refractivity (Wildman–Crippen MR) is 77.0 cm³/mol. The maximum atomic E-state index is 6.17. The zero-order valence-corrected chi connectivity index (χ0v) is 11.7. The van der Waals surface area contributed by atoms with Crippen LogP contribution in [0.3, 0.4) is 0 Å². The van der Waals surface area contributed by atoms with Crippen LogP contribution in [0.4, 0.5) is 0 Å². The van der Waals surface area contributed by atoms with E-state index in [1.807, 2.05) is 6.07 Å². The van der Waals surface area contributed by atoms with Crippen molar-refractivity contribution in [1.29, 1.82) is 0 Å². The number of rotatable bonds is 3. The number of aryl methyl sites for hydroxylation is 1. The molecule has 2 rings (SSSR count). The maximum Gasteiger partial charge on any atom is 0.192 e. The van der Waals surface area contributed by atoms with Crippen LogP contribution in [-0.4, -0.2) is 5.21 Å². The molecule has 2 aromatic carbocycles. The smallest absolute Gasteiger partial charge is 0.0672 e. The van der Waals surface area contributed by atoms with Crippen molar-refractivity contribution < 1.29 is 0 Å². The van der Waals surface area contributed by atoms with Crippen molar-refractivity contribution in [1.82, 2.24) is 0 Å². The van der Waals surface area contributed by atoms with Gasteiger partial charge in [-0.25, -0.2) is 0 Å². The zero-order chi connectivity index (χ0) is 12.3. The first-order valence-electron chi connectivity index (χ1n) is 5.62. The van der Waals surface area contributed by atoms with E-state index < -0.39 is 0 Å². The van der Waals surface area contributed by atoms with Crippen LogP contribution in [0.15, 0.2) is 58.3 Å². The van der Waals surface area contributed by atoms with Crippen molar-refractivity contribution in [2.75, 3.05) is 5.21 Å². The summed E-state index contributed by atoms with van der Waals surface area (Å²) < 4.78 is 0. The van der Waals surface area contributed by atoms with Gasteiger partial charge in [-0.3, -0.25) is 0 Å². The van der Waals surface area contributed by atoms with Gasteiger partial charge < -0.3 is 0 Å². The molecule has 0 aliphatic heterocycles. The van der Waals surface area contributed by atoms with E-state index in [0.29, 0.717) is 5.21 Å². The molecule has 0 nitrogen and oxygen atoms in total. The van der Waals surface area contributed by atoms with Gasteiger partial charge in [0.1, 0.15) is 0 Å². The standard InChI is InChI=1S/C15H16ClS/c1-12-7-6-10-15(13(12)2)17(11-16)14-8-4-3-5-9-14/h3-10H,11H2,1-2H3/q+1. The van der Waals surface area contributed by atoms with Gasteiger partial charge >= 0.3 is 0 Å².